The molecule has 0 aliphatic rings. The quantitative estimate of drug-likeness (QED) is 0.425. The molecule has 4 rings (SSSR count). The first-order chi connectivity index (χ1) is 12.8. The highest BCUT2D eigenvalue weighted by molar-refractivity contribution is 7.98. The van der Waals surface area contributed by atoms with Gasteiger partial charge in [-0.1, -0.05) is 36.0 Å². The molecule has 132 valence electrons. The molecule has 1 aromatic carbocycles. The topological polar surface area (TPSA) is 56.7 Å². The molecule has 0 spiro atoms. The number of hydrogen-bond donors (Lipinski definition) is 0. The number of aryl methyl sites for hydroxylation is 1. The van der Waals surface area contributed by atoms with E-state index in [4.69, 9.17) is 9.40 Å². The van der Waals surface area contributed by atoms with Crippen molar-refractivity contribution in [3.05, 3.63) is 59.3 Å². The number of benzene rings is 1. The van der Waals surface area contributed by atoms with E-state index in [0.717, 1.165) is 39.7 Å². The maximum atomic E-state index is 5.46. The minimum atomic E-state index is 0.738. The van der Waals surface area contributed by atoms with Crippen LogP contribution < -0.4 is 0 Å². The Balaban J connectivity index is 1.51. The zero-order valence-corrected chi connectivity index (χ0v) is 16.2. The van der Waals surface area contributed by atoms with E-state index in [1.54, 1.807) is 29.4 Å². The van der Waals surface area contributed by atoms with Gasteiger partial charge in [0.15, 0.2) is 16.7 Å². The van der Waals surface area contributed by atoms with Gasteiger partial charge in [-0.15, -0.1) is 21.5 Å². The SMILES string of the molecule is CCn1c(SCc2csc(-c3ccccc3C)n2)nnc1-c1ccco1. The third-order valence-electron chi connectivity index (χ3n) is 4.05. The monoisotopic (exact) mass is 382 g/mol. The molecule has 0 aliphatic heterocycles. The van der Waals surface area contributed by atoms with Gasteiger partial charge in [0.25, 0.3) is 0 Å². The van der Waals surface area contributed by atoms with Crippen molar-refractivity contribution in [1.82, 2.24) is 19.7 Å². The maximum absolute atomic E-state index is 5.46. The number of furan rings is 1. The molecule has 3 aromatic heterocycles. The molecule has 0 saturated carbocycles. The number of rotatable bonds is 6. The Morgan fingerprint density at radius 1 is 1.15 bits per heavy atom. The Bertz CT molecular complexity index is 1000. The van der Waals surface area contributed by atoms with Crippen LogP contribution in [0.15, 0.2) is 57.6 Å². The van der Waals surface area contributed by atoms with Crippen molar-refractivity contribution in [2.75, 3.05) is 0 Å². The zero-order chi connectivity index (χ0) is 17.9. The van der Waals surface area contributed by atoms with Gasteiger partial charge in [-0.3, -0.25) is 4.57 Å². The molecule has 7 heteroatoms. The van der Waals surface area contributed by atoms with Crippen LogP contribution in [0.2, 0.25) is 0 Å². The van der Waals surface area contributed by atoms with E-state index in [-0.39, 0.29) is 0 Å². The first kappa shape index (κ1) is 17.1. The Morgan fingerprint density at radius 2 is 2.04 bits per heavy atom. The molecule has 0 bridgehead atoms. The Labute approximate surface area is 160 Å². The van der Waals surface area contributed by atoms with Gasteiger partial charge in [0.2, 0.25) is 0 Å². The molecule has 0 radical (unpaired) electrons. The average molecular weight is 383 g/mol. The van der Waals surface area contributed by atoms with Crippen LogP contribution in [0, 0.1) is 6.92 Å². The molecule has 4 aromatic rings. The summed E-state index contributed by atoms with van der Waals surface area (Å²) in [7, 11) is 0. The summed E-state index contributed by atoms with van der Waals surface area (Å²) in [6.07, 6.45) is 1.65. The molecule has 0 aliphatic carbocycles. The van der Waals surface area contributed by atoms with Crippen LogP contribution in [0.25, 0.3) is 22.2 Å². The van der Waals surface area contributed by atoms with Crippen molar-refractivity contribution in [2.24, 2.45) is 0 Å². The van der Waals surface area contributed by atoms with Crippen molar-refractivity contribution in [1.29, 1.82) is 0 Å². The van der Waals surface area contributed by atoms with E-state index >= 15 is 0 Å². The van der Waals surface area contributed by atoms with Gasteiger partial charge in [0.1, 0.15) is 5.01 Å². The summed E-state index contributed by atoms with van der Waals surface area (Å²) >= 11 is 3.33. The minimum absolute atomic E-state index is 0.738. The fraction of sp³-hybridized carbons (Fsp3) is 0.211. The summed E-state index contributed by atoms with van der Waals surface area (Å²) in [5, 5.41) is 12.7. The Kier molecular flexibility index (Phi) is 4.90. The molecule has 0 unspecified atom stereocenters. The van der Waals surface area contributed by atoms with Crippen LogP contribution in [0.4, 0.5) is 0 Å². The van der Waals surface area contributed by atoms with E-state index in [9.17, 15) is 0 Å². The van der Waals surface area contributed by atoms with Crippen LogP contribution in [-0.2, 0) is 12.3 Å². The van der Waals surface area contributed by atoms with Gasteiger partial charge in [-0.25, -0.2) is 4.98 Å². The molecule has 0 atom stereocenters. The summed E-state index contributed by atoms with van der Waals surface area (Å²) in [4.78, 5) is 4.79. The van der Waals surface area contributed by atoms with Crippen LogP contribution in [0.5, 0.6) is 0 Å². The van der Waals surface area contributed by atoms with E-state index in [2.05, 4.69) is 58.3 Å². The number of aromatic nitrogens is 4. The summed E-state index contributed by atoms with van der Waals surface area (Å²) in [5.41, 5.74) is 3.50. The molecule has 0 amide bonds. The second kappa shape index (κ2) is 7.47. The van der Waals surface area contributed by atoms with Crippen molar-refractivity contribution in [3.63, 3.8) is 0 Å². The fourth-order valence-corrected chi connectivity index (χ4v) is 4.63. The Hall–Kier alpha value is -2.38. The number of hydrogen-bond acceptors (Lipinski definition) is 6. The summed E-state index contributed by atoms with van der Waals surface area (Å²) in [6, 6.07) is 12.1. The van der Waals surface area contributed by atoms with E-state index in [1.807, 2.05) is 12.1 Å². The smallest absolute Gasteiger partial charge is 0.200 e. The summed E-state index contributed by atoms with van der Waals surface area (Å²) in [6.45, 7) is 4.99. The van der Waals surface area contributed by atoms with Crippen LogP contribution >= 0.6 is 23.1 Å². The third kappa shape index (κ3) is 3.32. The Morgan fingerprint density at radius 3 is 2.81 bits per heavy atom. The second-order valence-electron chi connectivity index (χ2n) is 5.78. The lowest BCUT2D eigenvalue weighted by atomic mass is 10.1. The predicted octanol–water partition coefficient (Wildman–Crippen LogP) is 5.28. The van der Waals surface area contributed by atoms with E-state index < -0.39 is 0 Å². The molecular weight excluding hydrogens is 364 g/mol. The molecule has 0 N–H and O–H groups in total. The second-order valence-corrected chi connectivity index (χ2v) is 7.58. The van der Waals surface area contributed by atoms with E-state index in [0.29, 0.717) is 0 Å². The normalized spacial score (nSPS) is 11.2. The fourth-order valence-electron chi connectivity index (χ4n) is 2.72. The average Bonchev–Trinajstić information content (AvgIpc) is 3.39. The largest absolute Gasteiger partial charge is 0.461 e. The van der Waals surface area contributed by atoms with E-state index in [1.165, 1.54) is 11.1 Å². The highest BCUT2D eigenvalue weighted by Crippen LogP contribution is 2.30. The minimum Gasteiger partial charge on any atom is -0.461 e. The van der Waals surface area contributed by atoms with Crippen LogP contribution in [0.3, 0.4) is 0 Å². The van der Waals surface area contributed by atoms with Crippen molar-refractivity contribution >= 4 is 23.1 Å². The molecular formula is C19H18N4OS2. The zero-order valence-electron chi connectivity index (χ0n) is 14.5. The van der Waals surface area contributed by atoms with Gasteiger partial charge in [-0.2, -0.15) is 0 Å². The van der Waals surface area contributed by atoms with Gasteiger partial charge in [0, 0.05) is 23.2 Å². The molecule has 5 nitrogen and oxygen atoms in total. The number of thiazole rings is 1. The van der Waals surface area contributed by atoms with Crippen molar-refractivity contribution in [2.45, 2.75) is 31.3 Å². The number of thioether (sulfide) groups is 1. The molecule has 0 saturated heterocycles. The molecule has 3 heterocycles. The third-order valence-corrected chi connectivity index (χ3v) is 5.98. The lowest BCUT2D eigenvalue weighted by Crippen LogP contribution is -1.99. The van der Waals surface area contributed by atoms with Crippen molar-refractivity contribution in [3.8, 4) is 22.2 Å². The van der Waals surface area contributed by atoms with Gasteiger partial charge in [-0.05, 0) is 31.5 Å². The predicted molar refractivity (Wildman–Crippen MR) is 105 cm³/mol. The van der Waals surface area contributed by atoms with Crippen molar-refractivity contribution < 1.29 is 4.42 Å². The highest BCUT2D eigenvalue weighted by atomic mass is 32.2. The summed E-state index contributed by atoms with van der Waals surface area (Å²) in [5.74, 6) is 2.26. The van der Waals surface area contributed by atoms with Crippen LogP contribution in [-0.4, -0.2) is 19.7 Å². The van der Waals surface area contributed by atoms with Gasteiger partial charge < -0.3 is 4.42 Å². The molecule has 0 fully saturated rings. The maximum Gasteiger partial charge on any atom is 0.200 e. The molecule has 26 heavy (non-hydrogen) atoms. The standard InChI is InChI=1S/C19H18N4OS2/c1-3-23-17(16-9-6-10-24-16)21-22-19(23)26-12-14-11-25-18(20-14)15-8-5-4-7-13(15)2/h4-11H,3,12H2,1-2H3. The van der Waals surface area contributed by atoms with Crippen LogP contribution in [0.1, 0.15) is 18.2 Å². The first-order valence-electron chi connectivity index (χ1n) is 8.36. The lowest BCUT2D eigenvalue weighted by molar-refractivity contribution is 0.567. The first-order valence-corrected chi connectivity index (χ1v) is 10.2. The highest BCUT2D eigenvalue weighted by Gasteiger charge is 2.16. The summed E-state index contributed by atoms with van der Waals surface area (Å²) < 4.78 is 7.53. The van der Waals surface area contributed by atoms with Gasteiger partial charge >= 0.3 is 0 Å². The number of nitrogens with zero attached hydrogens (tertiary/aromatic N) is 4. The van der Waals surface area contributed by atoms with Gasteiger partial charge in [0.05, 0.1) is 12.0 Å². The lowest BCUT2D eigenvalue weighted by Gasteiger charge is -2.04.